The number of rotatable bonds is 10. The van der Waals surface area contributed by atoms with E-state index in [1.54, 1.807) is 12.1 Å². The van der Waals surface area contributed by atoms with Crippen LogP contribution < -0.4 is 20.7 Å². The predicted molar refractivity (Wildman–Crippen MR) is 144 cm³/mol. The second kappa shape index (κ2) is 10.5. The van der Waals surface area contributed by atoms with E-state index in [2.05, 4.69) is 20.5 Å². The summed E-state index contributed by atoms with van der Waals surface area (Å²) < 4.78 is 23.1. The number of hydrogen-bond acceptors (Lipinski definition) is 5. The summed E-state index contributed by atoms with van der Waals surface area (Å²) in [6.45, 7) is 2.51. The minimum atomic E-state index is -0.514. The third-order valence-electron chi connectivity index (χ3n) is 6.69. The van der Waals surface area contributed by atoms with Crippen molar-refractivity contribution in [1.29, 1.82) is 0 Å². The molecule has 3 aromatic carbocycles. The van der Waals surface area contributed by atoms with E-state index in [0.717, 1.165) is 37.0 Å². The van der Waals surface area contributed by atoms with Gasteiger partial charge < -0.3 is 19.9 Å². The molecule has 0 radical (unpaired) electrons. The number of aryl methyl sites for hydroxylation is 1. The van der Waals surface area contributed by atoms with Crippen LogP contribution in [0.2, 0.25) is 5.02 Å². The minimum absolute atomic E-state index is 0.157. The molecule has 9 heteroatoms. The minimum Gasteiger partial charge on any atom is -0.490 e. The topological polar surface area (TPSA) is 84.4 Å². The van der Waals surface area contributed by atoms with Gasteiger partial charge >= 0.3 is 0 Å². The van der Waals surface area contributed by atoms with Crippen molar-refractivity contribution in [2.45, 2.75) is 19.4 Å². The van der Waals surface area contributed by atoms with E-state index in [9.17, 15) is 9.59 Å². The highest BCUT2D eigenvalue weighted by Gasteiger charge is 2.35. The van der Waals surface area contributed by atoms with Gasteiger partial charge in [-0.15, -0.1) is 0 Å². The van der Waals surface area contributed by atoms with Gasteiger partial charge in [-0.2, -0.15) is 0 Å². The molecule has 2 amide bonds. The van der Waals surface area contributed by atoms with Crippen LogP contribution in [0.3, 0.4) is 0 Å². The number of amides is 2. The van der Waals surface area contributed by atoms with Crippen LogP contribution in [0.15, 0.2) is 42.5 Å². The Bertz CT molecular complexity index is 1530. The van der Waals surface area contributed by atoms with Crippen LogP contribution in [-0.2, 0) is 6.54 Å². The maximum absolute atomic E-state index is 15.3. The van der Waals surface area contributed by atoms with Gasteiger partial charge in [0.25, 0.3) is 11.8 Å². The van der Waals surface area contributed by atoms with E-state index in [1.807, 2.05) is 38.4 Å². The van der Waals surface area contributed by atoms with Gasteiger partial charge in [0.1, 0.15) is 0 Å². The Kier molecular flexibility index (Phi) is 7.15. The third kappa shape index (κ3) is 4.45. The zero-order valence-electron chi connectivity index (χ0n) is 20.7. The van der Waals surface area contributed by atoms with Crippen LogP contribution in [0.5, 0.6) is 5.75 Å². The average Bonchev–Trinajstić information content (AvgIpc) is 3.34. The summed E-state index contributed by atoms with van der Waals surface area (Å²) in [6, 6.07) is 12.2. The molecule has 0 spiro atoms. The van der Waals surface area contributed by atoms with Crippen molar-refractivity contribution >= 4 is 45.2 Å². The number of halogens is 2. The number of fused-ring (bicyclic) bond motifs is 5. The fourth-order valence-corrected chi connectivity index (χ4v) is 5.27. The van der Waals surface area contributed by atoms with Gasteiger partial charge in [0.2, 0.25) is 0 Å². The molecule has 0 saturated heterocycles. The molecule has 0 aliphatic carbocycles. The highest BCUT2D eigenvalue weighted by Crippen LogP contribution is 2.43. The summed E-state index contributed by atoms with van der Waals surface area (Å²) in [6.07, 6.45) is 1.53. The van der Waals surface area contributed by atoms with Crippen LogP contribution in [0.1, 0.15) is 33.6 Å². The Morgan fingerprint density at radius 3 is 2.43 bits per heavy atom. The number of ether oxygens (including phenoxy) is 1. The smallest absolute Gasteiger partial charge is 0.259 e. The number of nitrogens with one attached hydrogen (secondary N) is 3. The number of nitrogens with zero attached hydrogens (tertiary/aromatic N) is 1. The zero-order chi connectivity index (χ0) is 26.1. The van der Waals surface area contributed by atoms with Gasteiger partial charge in [-0.25, -0.2) is 4.39 Å². The first-order valence-corrected chi connectivity index (χ1v) is 12.7. The molecule has 0 fully saturated rings. The summed E-state index contributed by atoms with van der Waals surface area (Å²) >= 11 is 6.53. The standard InChI is InChI=1S/C28H28ClFN4O3/c1-31-9-5-11-34-21-15-23(37-12-6-10-32-2)20(30)13-18(21)24-22(34)14-17(16-7-3-4-8-19(16)29)25-26(24)28(36)33-27(25)35/h3-4,7-8,13-15,31-32H,5-6,9-12H2,1-2H3,(H,33,35,36). The number of benzene rings is 3. The Labute approximate surface area is 218 Å². The van der Waals surface area contributed by atoms with Crippen LogP contribution in [0.4, 0.5) is 4.39 Å². The first-order valence-electron chi connectivity index (χ1n) is 12.3. The number of hydrogen-bond donors (Lipinski definition) is 3. The molecule has 0 saturated carbocycles. The van der Waals surface area contributed by atoms with Gasteiger partial charge in [0, 0.05) is 34.0 Å². The summed E-state index contributed by atoms with van der Waals surface area (Å²) in [5.41, 5.74) is 3.19. The highest BCUT2D eigenvalue weighted by atomic mass is 35.5. The molecule has 7 nitrogen and oxygen atoms in total. The zero-order valence-corrected chi connectivity index (χ0v) is 21.5. The van der Waals surface area contributed by atoms with E-state index in [4.69, 9.17) is 16.3 Å². The summed E-state index contributed by atoms with van der Waals surface area (Å²) in [5.74, 6) is -1.34. The predicted octanol–water partition coefficient (Wildman–Crippen LogP) is 4.74. The number of carbonyl (C=O) groups is 2. The fraction of sp³-hybridized carbons (Fsp3) is 0.286. The van der Waals surface area contributed by atoms with Crippen LogP contribution in [0, 0.1) is 5.82 Å². The first kappa shape index (κ1) is 25.2. The van der Waals surface area contributed by atoms with E-state index in [-0.39, 0.29) is 16.9 Å². The van der Waals surface area contributed by atoms with Crippen molar-refractivity contribution in [1.82, 2.24) is 20.5 Å². The lowest BCUT2D eigenvalue weighted by atomic mass is 9.93. The second-order valence-corrected chi connectivity index (χ2v) is 9.45. The molecule has 192 valence electrons. The summed E-state index contributed by atoms with van der Waals surface area (Å²) in [7, 11) is 3.74. The van der Waals surface area contributed by atoms with E-state index >= 15 is 4.39 Å². The quantitative estimate of drug-likeness (QED) is 0.207. The summed E-state index contributed by atoms with van der Waals surface area (Å²) in [5, 5.41) is 10.2. The lowest BCUT2D eigenvalue weighted by Crippen LogP contribution is -2.20. The molecule has 1 aliphatic rings. The Hall–Kier alpha value is -3.46. The van der Waals surface area contributed by atoms with Gasteiger partial charge in [-0.1, -0.05) is 29.8 Å². The number of carbonyl (C=O) groups excluding carboxylic acids is 2. The van der Waals surface area contributed by atoms with Crippen molar-refractivity contribution in [3.05, 3.63) is 64.4 Å². The van der Waals surface area contributed by atoms with Crippen LogP contribution in [-0.4, -0.2) is 50.2 Å². The van der Waals surface area contributed by atoms with E-state index in [1.165, 1.54) is 6.07 Å². The molecule has 3 N–H and O–H groups in total. The number of aromatic nitrogens is 1. The SMILES string of the molecule is CNCCCOc1cc2c(cc1F)c1c3c(c(-c4ccccc4Cl)cc1n2CCCNC)C(=O)NC3=O. The van der Waals surface area contributed by atoms with Crippen LogP contribution >= 0.6 is 11.6 Å². The molecular weight excluding hydrogens is 495 g/mol. The molecule has 0 atom stereocenters. The molecule has 37 heavy (non-hydrogen) atoms. The van der Waals surface area contributed by atoms with Crippen molar-refractivity contribution in [2.24, 2.45) is 0 Å². The average molecular weight is 523 g/mol. The normalized spacial score (nSPS) is 13.0. The highest BCUT2D eigenvalue weighted by molar-refractivity contribution is 6.36. The molecule has 0 bridgehead atoms. The Balaban J connectivity index is 1.80. The van der Waals surface area contributed by atoms with Crippen molar-refractivity contribution in [3.8, 4) is 16.9 Å². The molecule has 2 heterocycles. The van der Waals surface area contributed by atoms with Gasteiger partial charge in [-0.3, -0.25) is 14.9 Å². The maximum atomic E-state index is 15.3. The van der Waals surface area contributed by atoms with Crippen LogP contribution in [0.25, 0.3) is 32.9 Å². The summed E-state index contributed by atoms with van der Waals surface area (Å²) in [4.78, 5) is 26.1. The Morgan fingerprint density at radius 1 is 0.946 bits per heavy atom. The van der Waals surface area contributed by atoms with Gasteiger partial charge in [0.15, 0.2) is 11.6 Å². The number of imide groups is 1. The molecule has 5 rings (SSSR count). The molecule has 1 aromatic heterocycles. The molecule has 0 unspecified atom stereocenters. The maximum Gasteiger partial charge on any atom is 0.259 e. The van der Waals surface area contributed by atoms with E-state index < -0.39 is 17.6 Å². The van der Waals surface area contributed by atoms with E-state index in [0.29, 0.717) is 40.1 Å². The monoisotopic (exact) mass is 522 g/mol. The van der Waals surface area contributed by atoms with Crippen molar-refractivity contribution < 1.29 is 18.7 Å². The second-order valence-electron chi connectivity index (χ2n) is 9.05. The first-order chi connectivity index (χ1) is 18.0. The largest absolute Gasteiger partial charge is 0.490 e. The molecule has 1 aliphatic heterocycles. The molecule has 4 aromatic rings. The lowest BCUT2D eigenvalue weighted by Gasteiger charge is -2.12. The van der Waals surface area contributed by atoms with Crippen molar-refractivity contribution in [2.75, 3.05) is 33.8 Å². The van der Waals surface area contributed by atoms with Gasteiger partial charge in [-0.05, 0) is 63.8 Å². The lowest BCUT2D eigenvalue weighted by molar-refractivity contribution is 0.0880. The van der Waals surface area contributed by atoms with Gasteiger partial charge in [0.05, 0.1) is 28.8 Å². The molecular formula is C28H28ClFN4O3. The third-order valence-corrected chi connectivity index (χ3v) is 7.02. The fourth-order valence-electron chi connectivity index (χ4n) is 5.03. The Morgan fingerprint density at radius 2 is 1.68 bits per heavy atom. The van der Waals surface area contributed by atoms with Crippen molar-refractivity contribution in [3.63, 3.8) is 0 Å².